The molecule has 2 aromatic rings. The highest BCUT2D eigenvalue weighted by atomic mass is 16.5. The highest BCUT2D eigenvalue weighted by Gasteiger charge is 2.38. The van der Waals surface area contributed by atoms with E-state index in [9.17, 15) is 5.11 Å². The van der Waals surface area contributed by atoms with Crippen molar-refractivity contribution >= 4 is 0 Å². The number of benzene rings is 2. The molecule has 0 amide bonds. The van der Waals surface area contributed by atoms with Crippen LogP contribution < -0.4 is 15.6 Å². The van der Waals surface area contributed by atoms with Crippen molar-refractivity contribution in [3.8, 4) is 5.75 Å². The minimum Gasteiger partial charge on any atom is -0.496 e. The van der Waals surface area contributed by atoms with Gasteiger partial charge in [0.15, 0.2) is 0 Å². The van der Waals surface area contributed by atoms with Crippen LogP contribution in [0.5, 0.6) is 5.75 Å². The quantitative estimate of drug-likeness (QED) is 0.758. The SMILES string of the molecule is COc1ccccc1C1(O)CCN(CC2CNNC2c2ccccc2)CC1. The molecule has 5 heteroatoms. The molecule has 4 rings (SSSR count). The third kappa shape index (κ3) is 3.87. The minimum atomic E-state index is -0.798. The highest BCUT2D eigenvalue weighted by Crippen LogP contribution is 2.38. The van der Waals surface area contributed by atoms with E-state index in [0.717, 1.165) is 50.3 Å². The number of hydrazine groups is 1. The number of likely N-dealkylation sites (tertiary alicyclic amines) is 1. The van der Waals surface area contributed by atoms with Gasteiger partial charge in [-0.1, -0.05) is 48.5 Å². The molecule has 144 valence electrons. The summed E-state index contributed by atoms with van der Waals surface area (Å²) in [5, 5.41) is 11.2. The van der Waals surface area contributed by atoms with E-state index >= 15 is 0 Å². The van der Waals surface area contributed by atoms with Crippen molar-refractivity contribution in [2.45, 2.75) is 24.5 Å². The molecule has 2 aromatic carbocycles. The van der Waals surface area contributed by atoms with Crippen LogP contribution in [-0.4, -0.2) is 43.3 Å². The maximum atomic E-state index is 11.2. The molecule has 27 heavy (non-hydrogen) atoms. The first-order valence-corrected chi connectivity index (χ1v) is 9.81. The van der Waals surface area contributed by atoms with Crippen LogP contribution in [0.2, 0.25) is 0 Å². The molecule has 0 radical (unpaired) electrons. The third-order valence-corrected chi connectivity index (χ3v) is 6.04. The summed E-state index contributed by atoms with van der Waals surface area (Å²) in [5.74, 6) is 1.30. The molecule has 2 aliphatic rings. The zero-order valence-electron chi connectivity index (χ0n) is 15.9. The van der Waals surface area contributed by atoms with Gasteiger partial charge in [0.25, 0.3) is 0 Å². The molecule has 2 unspecified atom stereocenters. The van der Waals surface area contributed by atoms with Crippen LogP contribution in [0.25, 0.3) is 0 Å². The summed E-state index contributed by atoms with van der Waals surface area (Å²) in [5.41, 5.74) is 8.20. The van der Waals surface area contributed by atoms with Gasteiger partial charge >= 0.3 is 0 Å². The van der Waals surface area contributed by atoms with E-state index in [1.165, 1.54) is 5.56 Å². The average Bonchev–Trinajstić information content (AvgIpc) is 3.18. The standard InChI is InChI=1S/C22H29N3O2/c1-27-20-10-6-5-9-19(20)22(26)11-13-25(14-12-22)16-18-15-23-24-21(18)17-7-3-2-4-8-17/h2-10,18,21,23-24,26H,11-16H2,1H3. The number of piperidine rings is 1. The summed E-state index contributed by atoms with van der Waals surface area (Å²) in [4.78, 5) is 2.49. The van der Waals surface area contributed by atoms with E-state index in [4.69, 9.17) is 4.74 Å². The zero-order chi connectivity index (χ0) is 18.7. The second-order valence-corrected chi connectivity index (χ2v) is 7.71. The van der Waals surface area contributed by atoms with Crippen molar-refractivity contribution < 1.29 is 9.84 Å². The van der Waals surface area contributed by atoms with E-state index in [-0.39, 0.29) is 0 Å². The number of hydrogen-bond donors (Lipinski definition) is 3. The van der Waals surface area contributed by atoms with Crippen LogP contribution in [-0.2, 0) is 5.60 Å². The molecule has 2 fully saturated rings. The van der Waals surface area contributed by atoms with Crippen molar-refractivity contribution in [3.05, 3.63) is 65.7 Å². The molecule has 2 saturated heterocycles. The average molecular weight is 367 g/mol. The van der Waals surface area contributed by atoms with Crippen LogP contribution in [0.3, 0.4) is 0 Å². The fourth-order valence-corrected chi connectivity index (χ4v) is 4.46. The Bertz CT molecular complexity index is 744. The number of rotatable bonds is 5. The van der Waals surface area contributed by atoms with Gasteiger partial charge in [0.2, 0.25) is 0 Å². The maximum absolute atomic E-state index is 11.2. The number of para-hydroxylation sites is 1. The molecule has 0 bridgehead atoms. The lowest BCUT2D eigenvalue weighted by molar-refractivity contribution is -0.0303. The van der Waals surface area contributed by atoms with Gasteiger partial charge in [0.1, 0.15) is 5.75 Å². The van der Waals surface area contributed by atoms with Crippen molar-refractivity contribution in [1.82, 2.24) is 15.8 Å². The number of methoxy groups -OCH3 is 1. The lowest BCUT2D eigenvalue weighted by atomic mass is 9.83. The lowest BCUT2D eigenvalue weighted by Gasteiger charge is -2.40. The van der Waals surface area contributed by atoms with E-state index in [2.05, 4.69) is 46.1 Å². The molecule has 2 heterocycles. The zero-order valence-corrected chi connectivity index (χ0v) is 15.9. The van der Waals surface area contributed by atoms with Crippen molar-refractivity contribution in [2.24, 2.45) is 5.92 Å². The Kier molecular flexibility index (Phi) is 5.45. The van der Waals surface area contributed by atoms with Gasteiger partial charge in [-0.2, -0.15) is 0 Å². The predicted molar refractivity (Wildman–Crippen MR) is 106 cm³/mol. The van der Waals surface area contributed by atoms with Gasteiger partial charge in [-0.15, -0.1) is 0 Å². The van der Waals surface area contributed by atoms with Crippen LogP contribution in [0, 0.1) is 5.92 Å². The Morgan fingerprint density at radius 1 is 1.07 bits per heavy atom. The second kappa shape index (κ2) is 7.98. The van der Waals surface area contributed by atoms with Crippen LogP contribution >= 0.6 is 0 Å². The first kappa shape index (κ1) is 18.4. The fraction of sp³-hybridized carbons (Fsp3) is 0.455. The Balaban J connectivity index is 1.39. The molecule has 0 saturated carbocycles. The number of aliphatic hydroxyl groups is 1. The minimum absolute atomic E-state index is 0.334. The monoisotopic (exact) mass is 367 g/mol. The fourth-order valence-electron chi connectivity index (χ4n) is 4.46. The molecule has 3 N–H and O–H groups in total. The van der Waals surface area contributed by atoms with Crippen LogP contribution in [0.15, 0.2) is 54.6 Å². The third-order valence-electron chi connectivity index (χ3n) is 6.04. The van der Waals surface area contributed by atoms with E-state index < -0.39 is 5.60 Å². The van der Waals surface area contributed by atoms with Gasteiger partial charge in [0.05, 0.1) is 18.8 Å². The summed E-state index contributed by atoms with van der Waals surface area (Å²) < 4.78 is 5.47. The van der Waals surface area contributed by atoms with E-state index in [1.807, 2.05) is 24.3 Å². The van der Waals surface area contributed by atoms with Gasteiger partial charge in [0, 0.05) is 37.7 Å². The molecule has 5 nitrogen and oxygen atoms in total. The van der Waals surface area contributed by atoms with E-state index in [0.29, 0.717) is 12.0 Å². The topological polar surface area (TPSA) is 56.8 Å². The van der Waals surface area contributed by atoms with Gasteiger partial charge in [-0.25, -0.2) is 5.43 Å². The highest BCUT2D eigenvalue weighted by molar-refractivity contribution is 5.38. The predicted octanol–water partition coefficient (Wildman–Crippen LogP) is 2.44. The lowest BCUT2D eigenvalue weighted by Crippen LogP contribution is -2.45. The van der Waals surface area contributed by atoms with Gasteiger partial charge in [-0.05, 0) is 24.5 Å². The Morgan fingerprint density at radius 3 is 2.52 bits per heavy atom. The van der Waals surface area contributed by atoms with Crippen molar-refractivity contribution in [3.63, 3.8) is 0 Å². The maximum Gasteiger partial charge on any atom is 0.124 e. The van der Waals surface area contributed by atoms with Crippen molar-refractivity contribution in [1.29, 1.82) is 0 Å². The first-order chi connectivity index (χ1) is 13.2. The number of hydrogen-bond acceptors (Lipinski definition) is 5. The van der Waals surface area contributed by atoms with Gasteiger partial charge in [-0.3, -0.25) is 5.43 Å². The summed E-state index contributed by atoms with van der Waals surface area (Å²) in [7, 11) is 1.67. The number of nitrogens with one attached hydrogen (secondary N) is 2. The normalized spacial score (nSPS) is 25.4. The van der Waals surface area contributed by atoms with Crippen molar-refractivity contribution in [2.75, 3.05) is 33.3 Å². The largest absolute Gasteiger partial charge is 0.496 e. The molecule has 0 aromatic heterocycles. The number of nitrogens with zero attached hydrogens (tertiary/aromatic N) is 1. The molecule has 0 spiro atoms. The Hall–Kier alpha value is -1.92. The van der Waals surface area contributed by atoms with Gasteiger partial charge < -0.3 is 14.7 Å². The molecule has 2 aliphatic heterocycles. The molecular weight excluding hydrogens is 338 g/mol. The summed E-state index contributed by atoms with van der Waals surface area (Å²) in [6.45, 7) is 3.79. The smallest absolute Gasteiger partial charge is 0.124 e. The molecule has 0 aliphatic carbocycles. The first-order valence-electron chi connectivity index (χ1n) is 9.81. The second-order valence-electron chi connectivity index (χ2n) is 7.71. The Morgan fingerprint density at radius 2 is 1.78 bits per heavy atom. The molecular formula is C22H29N3O2. The van der Waals surface area contributed by atoms with Crippen LogP contribution in [0.4, 0.5) is 0 Å². The summed E-state index contributed by atoms with van der Waals surface area (Å²) in [6.07, 6.45) is 1.47. The summed E-state index contributed by atoms with van der Waals surface area (Å²) >= 11 is 0. The number of ether oxygens (including phenoxy) is 1. The van der Waals surface area contributed by atoms with E-state index in [1.54, 1.807) is 7.11 Å². The molecule has 2 atom stereocenters. The van der Waals surface area contributed by atoms with Crippen LogP contribution in [0.1, 0.15) is 30.0 Å². The summed E-state index contributed by atoms with van der Waals surface area (Å²) in [6, 6.07) is 18.8. The Labute approximate surface area is 161 Å².